The van der Waals surface area contributed by atoms with Gasteiger partial charge in [0, 0.05) is 30.5 Å². The first-order valence-electron chi connectivity index (χ1n) is 6.03. The van der Waals surface area contributed by atoms with Gasteiger partial charge < -0.3 is 11.1 Å². The van der Waals surface area contributed by atoms with Crippen molar-refractivity contribution in [2.75, 3.05) is 11.9 Å². The first-order valence-corrected chi connectivity index (χ1v) is 6.03. The standard InChI is InChI=1S/C14H18N4/c1-10-3-5-12(6-4-10)13-8-17-14(18-9-13)16-7-11(2)15/h3-6,8-9,11H,7,15H2,1-2H3,(H,16,17,18). The van der Waals surface area contributed by atoms with Gasteiger partial charge in [-0.3, -0.25) is 0 Å². The molecular formula is C14H18N4. The number of nitrogens with two attached hydrogens (primary N) is 1. The number of aryl methyl sites for hydroxylation is 1. The fraction of sp³-hybridized carbons (Fsp3) is 0.286. The Balaban J connectivity index is 2.09. The topological polar surface area (TPSA) is 63.8 Å². The minimum atomic E-state index is 0.0883. The van der Waals surface area contributed by atoms with E-state index >= 15 is 0 Å². The molecule has 1 aromatic carbocycles. The summed E-state index contributed by atoms with van der Waals surface area (Å²) in [6, 6.07) is 8.40. The first-order chi connectivity index (χ1) is 8.65. The smallest absolute Gasteiger partial charge is 0.222 e. The molecule has 0 saturated carbocycles. The zero-order valence-corrected chi connectivity index (χ0v) is 10.7. The summed E-state index contributed by atoms with van der Waals surface area (Å²) in [5, 5.41) is 3.08. The van der Waals surface area contributed by atoms with Gasteiger partial charge in [-0.2, -0.15) is 0 Å². The van der Waals surface area contributed by atoms with Gasteiger partial charge in [-0.05, 0) is 19.4 Å². The number of benzene rings is 1. The lowest BCUT2D eigenvalue weighted by molar-refractivity contribution is 0.773. The van der Waals surface area contributed by atoms with Crippen molar-refractivity contribution in [2.24, 2.45) is 5.73 Å². The molecule has 0 saturated heterocycles. The first kappa shape index (κ1) is 12.5. The molecule has 0 aliphatic carbocycles. The number of nitrogens with zero attached hydrogens (tertiary/aromatic N) is 2. The molecule has 3 N–H and O–H groups in total. The van der Waals surface area contributed by atoms with Gasteiger partial charge in [0.2, 0.25) is 5.95 Å². The highest BCUT2D eigenvalue weighted by Gasteiger charge is 2.01. The third-order valence-corrected chi connectivity index (χ3v) is 2.62. The van der Waals surface area contributed by atoms with E-state index in [1.807, 2.05) is 19.3 Å². The van der Waals surface area contributed by atoms with Crippen molar-refractivity contribution >= 4 is 5.95 Å². The van der Waals surface area contributed by atoms with Crippen LogP contribution in [0.5, 0.6) is 0 Å². The van der Waals surface area contributed by atoms with Crippen molar-refractivity contribution < 1.29 is 0 Å². The second kappa shape index (κ2) is 5.60. The highest BCUT2D eigenvalue weighted by Crippen LogP contribution is 2.18. The van der Waals surface area contributed by atoms with Gasteiger partial charge in [0.05, 0.1) is 0 Å². The van der Waals surface area contributed by atoms with E-state index in [1.165, 1.54) is 5.56 Å². The van der Waals surface area contributed by atoms with E-state index in [-0.39, 0.29) is 6.04 Å². The van der Waals surface area contributed by atoms with Crippen LogP contribution in [0.15, 0.2) is 36.7 Å². The fourth-order valence-corrected chi connectivity index (χ4v) is 1.57. The van der Waals surface area contributed by atoms with Crippen molar-refractivity contribution in [3.8, 4) is 11.1 Å². The number of hydrogen-bond donors (Lipinski definition) is 2. The highest BCUT2D eigenvalue weighted by atomic mass is 15.1. The Morgan fingerprint density at radius 1 is 1.11 bits per heavy atom. The minimum absolute atomic E-state index is 0.0883. The summed E-state index contributed by atoms with van der Waals surface area (Å²) >= 11 is 0. The second-order valence-electron chi connectivity index (χ2n) is 4.52. The Morgan fingerprint density at radius 2 is 1.72 bits per heavy atom. The van der Waals surface area contributed by atoms with E-state index in [2.05, 4.69) is 46.5 Å². The Kier molecular flexibility index (Phi) is 3.89. The van der Waals surface area contributed by atoms with Crippen LogP contribution in [0.3, 0.4) is 0 Å². The summed E-state index contributed by atoms with van der Waals surface area (Å²) in [6.07, 6.45) is 3.64. The summed E-state index contributed by atoms with van der Waals surface area (Å²) in [4.78, 5) is 8.54. The van der Waals surface area contributed by atoms with Crippen molar-refractivity contribution in [3.05, 3.63) is 42.2 Å². The molecule has 0 spiro atoms. The number of rotatable bonds is 4. The second-order valence-corrected chi connectivity index (χ2v) is 4.52. The summed E-state index contributed by atoms with van der Waals surface area (Å²) in [6.45, 7) is 4.68. The lowest BCUT2D eigenvalue weighted by Gasteiger charge is -2.07. The van der Waals surface area contributed by atoms with Crippen molar-refractivity contribution in [1.82, 2.24) is 9.97 Å². The van der Waals surface area contributed by atoms with Crippen molar-refractivity contribution in [1.29, 1.82) is 0 Å². The van der Waals surface area contributed by atoms with Crippen molar-refractivity contribution in [3.63, 3.8) is 0 Å². The Labute approximate surface area is 107 Å². The van der Waals surface area contributed by atoms with Crippen molar-refractivity contribution in [2.45, 2.75) is 19.9 Å². The molecule has 4 nitrogen and oxygen atoms in total. The van der Waals surface area contributed by atoms with Gasteiger partial charge in [0.1, 0.15) is 0 Å². The van der Waals surface area contributed by atoms with Gasteiger partial charge in [-0.15, -0.1) is 0 Å². The number of anilines is 1. The normalized spacial score (nSPS) is 12.2. The van der Waals surface area contributed by atoms with Crippen LogP contribution in [0.25, 0.3) is 11.1 Å². The maximum atomic E-state index is 5.66. The molecule has 0 aliphatic heterocycles. The SMILES string of the molecule is Cc1ccc(-c2cnc(NCC(C)N)nc2)cc1. The van der Waals surface area contributed by atoms with E-state index in [1.54, 1.807) is 0 Å². The van der Waals surface area contributed by atoms with Crippen LogP contribution < -0.4 is 11.1 Å². The Bertz CT molecular complexity index is 488. The van der Waals surface area contributed by atoms with Gasteiger partial charge >= 0.3 is 0 Å². The average molecular weight is 242 g/mol. The van der Waals surface area contributed by atoms with Crippen LogP contribution in [0.2, 0.25) is 0 Å². The molecule has 1 heterocycles. The predicted octanol–water partition coefficient (Wildman–Crippen LogP) is 2.21. The van der Waals surface area contributed by atoms with Gasteiger partial charge in [0.25, 0.3) is 0 Å². The summed E-state index contributed by atoms with van der Waals surface area (Å²) in [5.74, 6) is 0.614. The number of aromatic nitrogens is 2. The zero-order valence-electron chi connectivity index (χ0n) is 10.7. The number of hydrogen-bond acceptors (Lipinski definition) is 4. The molecule has 0 fully saturated rings. The third-order valence-electron chi connectivity index (χ3n) is 2.62. The molecule has 94 valence electrons. The maximum absolute atomic E-state index is 5.66. The molecule has 1 unspecified atom stereocenters. The third kappa shape index (κ3) is 3.28. The summed E-state index contributed by atoms with van der Waals surface area (Å²) in [7, 11) is 0. The Hall–Kier alpha value is -1.94. The maximum Gasteiger partial charge on any atom is 0.222 e. The monoisotopic (exact) mass is 242 g/mol. The van der Waals surface area contributed by atoms with E-state index in [9.17, 15) is 0 Å². The highest BCUT2D eigenvalue weighted by molar-refractivity contribution is 5.62. The van der Waals surface area contributed by atoms with E-state index in [0.29, 0.717) is 12.5 Å². The molecule has 0 amide bonds. The van der Waals surface area contributed by atoms with Crippen LogP contribution in [0, 0.1) is 6.92 Å². The van der Waals surface area contributed by atoms with Gasteiger partial charge in [0.15, 0.2) is 0 Å². The zero-order chi connectivity index (χ0) is 13.0. The van der Waals surface area contributed by atoms with Crippen LogP contribution in [0.4, 0.5) is 5.95 Å². The predicted molar refractivity (Wildman–Crippen MR) is 74.3 cm³/mol. The van der Waals surface area contributed by atoms with Gasteiger partial charge in [-0.25, -0.2) is 9.97 Å². The molecule has 2 rings (SSSR count). The van der Waals surface area contributed by atoms with Gasteiger partial charge in [-0.1, -0.05) is 29.8 Å². The summed E-state index contributed by atoms with van der Waals surface area (Å²) < 4.78 is 0. The molecular weight excluding hydrogens is 224 g/mol. The number of nitrogens with one attached hydrogen (secondary N) is 1. The average Bonchev–Trinajstić information content (AvgIpc) is 2.38. The molecule has 0 radical (unpaired) electrons. The van der Waals surface area contributed by atoms with Crippen LogP contribution in [-0.4, -0.2) is 22.6 Å². The minimum Gasteiger partial charge on any atom is -0.353 e. The molecule has 1 aromatic heterocycles. The lowest BCUT2D eigenvalue weighted by atomic mass is 10.1. The molecule has 18 heavy (non-hydrogen) atoms. The molecule has 0 bridgehead atoms. The molecule has 4 heteroatoms. The quantitative estimate of drug-likeness (QED) is 0.862. The van der Waals surface area contributed by atoms with Crippen LogP contribution >= 0.6 is 0 Å². The van der Waals surface area contributed by atoms with E-state index < -0.39 is 0 Å². The van der Waals surface area contributed by atoms with E-state index in [4.69, 9.17) is 5.73 Å². The van der Waals surface area contributed by atoms with Crippen LogP contribution in [-0.2, 0) is 0 Å². The fourth-order valence-electron chi connectivity index (χ4n) is 1.57. The largest absolute Gasteiger partial charge is 0.353 e. The molecule has 1 atom stereocenters. The molecule has 2 aromatic rings. The lowest BCUT2D eigenvalue weighted by Crippen LogP contribution is -2.25. The van der Waals surface area contributed by atoms with E-state index in [0.717, 1.165) is 11.1 Å². The Morgan fingerprint density at radius 3 is 2.28 bits per heavy atom. The summed E-state index contributed by atoms with van der Waals surface area (Å²) in [5.41, 5.74) is 9.04. The molecule has 0 aliphatic rings. The van der Waals surface area contributed by atoms with Crippen LogP contribution in [0.1, 0.15) is 12.5 Å².